The normalized spacial score (nSPS) is 18.7. The summed E-state index contributed by atoms with van der Waals surface area (Å²) < 4.78 is 7.66. The molecule has 2 aliphatic heterocycles. The molecule has 1 fully saturated rings. The van der Waals surface area contributed by atoms with E-state index in [1.165, 1.54) is 0 Å². The van der Waals surface area contributed by atoms with Gasteiger partial charge in [0.15, 0.2) is 5.71 Å². The Labute approximate surface area is 141 Å². The summed E-state index contributed by atoms with van der Waals surface area (Å²) in [5, 5.41) is 4.34. The molecule has 0 atom stereocenters. The van der Waals surface area contributed by atoms with Gasteiger partial charge in [0.05, 0.1) is 18.1 Å². The predicted octanol–water partition coefficient (Wildman–Crippen LogP) is 3.23. The van der Waals surface area contributed by atoms with Crippen molar-refractivity contribution in [1.82, 2.24) is 0 Å². The molecule has 0 unspecified atom stereocenters. The average molecular weight is 328 g/mol. The number of rotatable bonds is 4. The molecule has 23 heavy (non-hydrogen) atoms. The molecule has 0 saturated carbocycles. The van der Waals surface area contributed by atoms with Crippen molar-refractivity contribution in [3.63, 3.8) is 0 Å². The Morgan fingerprint density at radius 1 is 1.26 bits per heavy atom. The van der Waals surface area contributed by atoms with E-state index < -0.39 is 0 Å². The van der Waals surface area contributed by atoms with E-state index >= 15 is 0 Å². The summed E-state index contributed by atoms with van der Waals surface area (Å²) in [4.78, 5) is 5.73. The minimum atomic E-state index is 0.773. The number of benzene rings is 1. The number of allylic oxidation sites excluding steroid dienone is 2. The molecule has 0 radical (unpaired) electrons. The third-order valence-electron chi connectivity index (χ3n) is 3.72. The van der Waals surface area contributed by atoms with Gasteiger partial charge in [0.25, 0.3) is 0 Å². The number of ether oxygens (including phenoxy) is 1. The summed E-state index contributed by atoms with van der Waals surface area (Å²) in [5.74, 6) is 0. The van der Waals surface area contributed by atoms with Crippen LogP contribution in [0, 0.1) is 0 Å². The lowest BCUT2D eigenvalue weighted by Gasteiger charge is -2.13. The van der Waals surface area contributed by atoms with Gasteiger partial charge in [-0.15, -0.1) is 0 Å². The second-order valence-electron chi connectivity index (χ2n) is 5.39. The number of morpholine rings is 1. The number of amidine groups is 1. The fourth-order valence-electron chi connectivity index (χ4n) is 2.46. The Morgan fingerprint density at radius 2 is 2.00 bits per heavy atom. The first kappa shape index (κ1) is 16.0. The third kappa shape index (κ3) is 4.12. The highest BCUT2D eigenvalue weighted by molar-refractivity contribution is 8.18. The molecule has 2 heterocycles. The van der Waals surface area contributed by atoms with E-state index in [2.05, 4.69) is 53.7 Å². The second kappa shape index (κ2) is 7.62. The van der Waals surface area contributed by atoms with Crippen molar-refractivity contribution >= 4 is 34.4 Å². The van der Waals surface area contributed by atoms with E-state index in [0.717, 1.165) is 59.9 Å². The van der Waals surface area contributed by atoms with Crippen molar-refractivity contribution in [3.8, 4) is 0 Å². The lowest BCUT2D eigenvalue weighted by molar-refractivity contribution is -0.547. The molecule has 1 aromatic rings. The molecule has 0 bridgehead atoms. The molecule has 1 aromatic carbocycles. The van der Waals surface area contributed by atoms with E-state index in [-0.39, 0.29) is 0 Å². The number of hydrogen-bond donors (Lipinski definition) is 1. The Kier molecular flexibility index (Phi) is 5.31. The number of aliphatic imine (C=N–C) groups is 1. The molecular formula is C18H22N3OS+. The Morgan fingerprint density at radius 3 is 2.70 bits per heavy atom. The number of thioether (sulfide) groups is 1. The van der Waals surface area contributed by atoms with Crippen molar-refractivity contribution in [2.24, 2.45) is 4.99 Å². The summed E-state index contributed by atoms with van der Waals surface area (Å²) in [6.45, 7) is 10.5. The zero-order chi connectivity index (χ0) is 16.1. The van der Waals surface area contributed by atoms with Gasteiger partial charge in [0.2, 0.25) is 0 Å². The van der Waals surface area contributed by atoms with Crippen molar-refractivity contribution in [2.45, 2.75) is 6.92 Å². The molecule has 4 nitrogen and oxygen atoms in total. The molecule has 2 aliphatic rings. The zero-order valence-corrected chi connectivity index (χ0v) is 14.2. The Balaban J connectivity index is 1.72. The molecule has 5 heteroatoms. The highest BCUT2D eigenvalue weighted by atomic mass is 32.2. The molecule has 3 rings (SSSR count). The van der Waals surface area contributed by atoms with Crippen LogP contribution in [0.1, 0.15) is 12.5 Å². The summed E-state index contributed by atoms with van der Waals surface area (Å²) in [5.41, 5.74) is 3.25. The van der Waals surface area contributed by atoms with E-state index in [4.69, 9.17) is 9.73 Å². The van der Waals surface area contributed by atoms with Crippen LogP contribution in [0.2, 0.25) is 0 Å². The molecular weight excluding hydrogens is 306 g/mol. The van der Waals surface area contributed by atoms with E-state index in [9.17, 15) is 0 Å². The van der Waals surface area contributed by atoms with Gasteiger partial charge < -0.3 is 10.1 Å². The maximum atomic E-state index is 5.39. The van der Waals surface area contributed by atoms with E-state index in [1.807, 2.05) is 6.08 Å². The fraction of sp³-hybridized carbons (Fsp3) is 0.333. The summed E-state index contributed by atoms with van der Waals surface area (Å²) in [7, 11) is 0. The van der Waals surface area contributed by atoms with E-state index in [0.29, 0.717) is 0 Å². The van der Waals surface area contributed by atoms with Crippen LogP contribution in [0.5, 0.6) is 0 Å². The van der Waals surface area contributed by atoms with Crippen molar-refractivity contribution in [2.75, 3.05) is 38.2 Å². The van der Waals surface area contributed by atoms with Crippen LogP contribution in [0.15, 0.2) is 46.8 Å². The van der Waals surface area contributed by atoms with E-state index in [1.54, 1.807) is 11.8 Å². The third-order valence-corrected chi connectivity index (χ3v) is 4.71. The van der Waals surface area contributed by atoms with Gasteiger partial charge in [-0.2, -0.15) is 0 Å². The van der Waals surface area contributed by atoms with Crippen LogP contribution in [0.4, 0.5) is 5.69 Å². The highest BCUT2D eigenvalue weighted by Gasteiger charge is 2.28. The standard InChI is InChI=1S/C18H21N3OS/c1-3-19-16-7-4-15(5-8-16)6-9-17-14(2)23-18(20-17)21-10-12-22-13-11-21/h4-9H,2-3,10-13H2,1H3/p+1. The van der Waals surface area contributed by atoms with Gasteiger partial charge in [-0.1, -0.05) is 24.8 Å². The van der Waals surface area contributed by atoms with Crippen LogP contribution in [-0.4, -0.2) is 48.3 Å². The first-order chi connectivity index (χ1) is 11.3. The lowest BCUT2D eigenvalue weighted by Crippen LogP contribution is -2.31. The monoisotopic (exact) mass is 328 g/mol. The number of hydrogen-bond acceptors (Lipinski definition) is 3. The number of nitrogens with one attached hydrogen (secondary N) is 1. The van der Waals surface area contributed by atoms with Gasteiger partial charge in [0, 0.05) is 24.0 Å². The van der Waals surface area contributed by atoms with Crippen LogP contribution < -0.4 is 5.32 Å². The van der Waals surface area contributed by atoms with Crippen LogP contribution in [0.25, 0.3) is 6.08 Å². The maximum Gasteiger partial charge on any atom is 0.360 e. The minimum Gasteiger partial charge on any atom is -0.385 e. The number of nitrogens with zero attached hydrogens (tertiary/aromatic N) is 2. The molecule has 120 valence electrons. The van der Waals surface area contributed by atoms with Gasteiger partial charge in [-0.25, -0.2) is 4.58 Å². The largest absolute Gasteiger partial charge is 0.385 e. The zero-order valence-electron chi connectivity index (χ0n) is 13.4. The van der Waals surface area contributed by atoms with Gasteiger partial charge in [0.1, 0.15) is 13.1 Å². The maximum absolute atomic E-state index is 5.39. The van der Waals surface area contributed by atoms with Gasteiger partial charge in [-0.05, 0) is 35.7 Å². The molecule has 0 aliphatic carbocycles. The van der Waals surface area contributed by atoms with Crippen LogP contribution in [0.3, 0.4) is 0 Å². The van der Waals surface area contributed by atoms with Crippen LogP contribution in [-0.2, 0) is 4.74 Å². The first-order valence-corrected chi connectivity index (χ1v) is 8.75. The quantitative estimate of drug-likeness (QED) is 0.862. The molecule has 1 N–H and O–H groups in total. The topological polar surface area (TPSA) is 36.6 Å². The molecule has 1 saturated heterocycles. The molecule has 0 spiro atoms. The molecule has 0 amide bonds. The highest BCUT2D eigenvalue weighted by Crippen LogP contribution is 2.27. The van der Waals surface area contributed by atoms with Crippen LogP contribution >= 0.6 is 11.8 Å². The average Bonchev–Trinajstić information content (AvgIpc) is 2.96. The number of anilines is 1. The fourth-order valence-corrected chi connectivity index (χ4v) is 3.36. The van der Waals surface area contributed by atoms with Crippen molar-refractivity contribution in [3.05, 3.63) is 47.4 Å². The summed E-state index contributed by atoms with van der Waals surface area (Å²) in [6, 6.07) is 8.39. The van der Waals surface area contributed by atoms with Crippen molar-refractivity contribution < 1.29 is 9.31 Å². The SMILES string of the molecule is C=C1SC(=[N+]2CCOCC2)N=C1/C=C/c1ccc(NCC)cc1. The molecule has 0 aromatic heterocycles. The first-order valence-electron chi connectivity index (χ1n) is 7.94. The summed E-state index contributed by atoms with van der Waals surface area (Å²) >= 11 is 1.65. The van der Waals surface area contributed by atoms with Gasteiger partial charge in [-0.3, -0.25) is 0 Å². The Hall–Kier alpha value is -1.85. The lowest BCUT2D eigenvalue weighted by atomic mass is 10.1. The predicted molar refractivity (Wildman–Crippen MR) is 99.6 cm³/mol. The Bertz CT molecular complexity index is 666. The van der Waals surface area contributed by atoms with Crippen molar-refractivity contribution in [1.29, 1.82) is 0 Å². The second-order valence-corrected chi connectivity index (χ2v) is 6.45. The summed E-state index contributed by atoms with van der Waals surface area (Å²) in [6.07, 6.45) is 4.13. The smallest absolute Gasteiger partial charge is 0.360 e. The van der Waals surface area contributed by atoms with Gasteiger partial charge >= 0.3 is 5.17 Å². The minimum absolute atomic E-state index is 0.773.